The molecule has 0 aliphatic heterocycles. The number of ether oxygens (including phenoxy) is 2. The Morgan fingerprint density at radius 3 is 2.70 bits per heavy atom. The maximum absolute atomic E-state index is 11.8. The average molecular weight is 299 g/mol. The molecule has 0 saturated heterocycles. The predicted octanol–water partition coefficient (Wildman–Crippen LogP) is 1.50. The Labute approximate surface area is 121 Å². The van der Waals surface area contributed by atoms with Crippen LogP contribution in [-0.4, -0.2) is 37.6 Å². The number of amides is 1. The summed E-state index contributed by atoms with van der Waals surface area (Å²) < 4.78 is 9.66. The van der Waals surface area contributed by atoms with E-state index in [4.69, 9.17) is 4.74 Å². The van der Waals surface area contributed by atoms with Gasteiger partial charge in [-0.15, -0.1) is 12.4 Å². The predicted molar refractivity (Wildman–Crippen MR) is 76.4 cm³/mol. The van der Waals surface area contributed by atoms with Crippen molar-refractivity contribution in [3.63, 3.8) is 0 Å². The second-order valence-electron chi connectivity index (χ2n) is 3.86. The second kappa shape index (κ2) is 6.81. The Morgan fingerprint density at radius 1 is 1.30 bits per heavy atom. The molecule has 0 atom stereocenters. The van der Waals surface area contributed by atoms with E-state index < -0.39 is 5.97 Å². The zero-order valence-electron chi connectivity index (χ0n) is 11.1. The Morgan fingerprint density at radius 2 is 2.05 bits per heavy atom. The van der Waals surface area contributed by atoms with Crippen molar-refractivity contribution in [1.82, 2.24) is 10.3 Å². The second-order valence-corrected chi connectivity index (χ2v) is 3.86. The molecular weight excluding hydrogens is 284 g/mol. The fourth-order valence-electron chi connectivity index (χ4n) is 1.75. The standard InChI is InChI=1S/C13H14N2O4.ClH/c1-18-11-5-3-4-9-8(11)6-10(15-9)13(17)14-7-12(16)19-2;/h3-6,15H,7H2,1-2H3,(H,14,17);1H. The van der Waals surface area contributed by atoms with Crippen LogP contribution in [0.3, 0.4) is 0 Å². The molecule has 0 spiro atoms. The van der Waals surface area contributed by atoms with Crippen molar-refractivity contribution in [2.24, 2.45) is 0 Å². The van der Waals surface area contributed by atoms with Crippen molar-refractivity contribution in [1.29, 1.82) is 0 Å². The number of carbonyl (C=O) groups is 2. The van der Waals surface area contributed by atoms with Crippen molar-refractivity contribution in [2.45, 2.75) is 0 Å². The molecule has 0 bridgehead atoms. The third-order valence-corrected chi connectivity index (χ3v) is 2.71. The lowest BCUT2D eigenvalue weighted by Gasteiger charge is -2.01. The number of aromatic amines is 1. The van der Waals surface area contributed by atoms with Gasteiger partial charge in [0.25, 0.3) is 5.91 Å². The summed E-state index contributed by atoms with van der Waals surface area (Å²) in [5.41, 5.74) is 1.16. The lowest BCUT2D eigenvalue weighted by molar-refractivity contribution is -0.139. The summed E-state index contributed by atoms with van der Waals surface area (Å²) in [6.07, 6.45) is 0. The Bertz CT molecular complexity index is 624. The number of rotatable bonds is 4. The van der Waals surface area contributed by atoms with Crippen LogP contribution in [0.25, 0.3) is 10.9 Å². The topological polar surface area (TPSA) is 80.4 Å². The number of benzene rings is 1. The zero-order chi connectivity index (χ0) is 13.8. The number of hydrogen-bond acceptors (Lipinski definition) is 4. The van der Waals surface area contributed by atoms with Crippen LogP contribution < -0.4 is 10.1 Å². The Kier molecular flexibility index (Phi) is 5.40. The number of carbonyl (C=O) groups excluding carboxylic acids is 2. The molecule has 0 aliphatic rings. The minimum atomic E-state index is -0.498. The molecule has 2 rings (SSSR count). The highest BCUT2D eigenvalue weighted by Gasteiger charge is 2.12. The first-order chi connectivity index (χ1) is 9.15. The van der Waals surface area contributed by atoms with Gasteiger partial charge in [0.2, 0.25) is 0 Å². The minimum absolute atomic E-state index is 0. The fourth-order valence-corrected chi connectivity index (χ4v) is 1.75. The Hall–Kier alpha value is -2.21. The zero-order valence-corrected chi connectivity index (χ0v) is 11.9. The van der Waals surface area contributed by atoms with Crippen LogP contribution in [-0.2, 0) is 9.53 Å². The number of aromatic nitrogens is 1. The average Bonchev–Trinajstić information content (AvgIpc) is 2.88. The summed E-state index contributed by atoms with van der Waals surface area (Å²) in [5, 5.41) is 3.28. The molecule has 0 fully saturated rings. The SMILES string of the molecule is COC(=O)CNC(=O)c1cc2c(OC)cccc2[nH]1.Cl. The van der Waals surface area contributed by atoms with Gasteiger partial charge in [0, 0.05) is 10.9 Å². The number of esters is 1. The first-order valence-electron chi connectivity index (χ1n) is 5.66. The van der Waals surface area contributed by atoms with E-state index in [0.29, 0.717) is 11.4 Å². The highest BCUT2D eigenvalue weighted by molar-refractivity contribution is 6.00. The van der Waals surface area contributed by atoms with E-state index >= 15 is 0 Å². The van der Waals surface area contributed by atoms with Gasteiger partial charge in [0.1, 0.15) is 18.0 Å². The molecule has 1 heterocycles. The van der Waals surface area contributed by atoms with E-state index in [0.717, 1.165) is 10.9 Å². The summed E-state index contributed by atoms with van der Waals surface area (Å²) in [6.45, 7) is -0.165. The quantitative estimate of drug-likeness (QED) is 0.838. The number of hydrogen-bond donors (Lipinski definition) is 2. The third kappa shape index (κ3) is 3.21. The molecule has 0 aliphatic carbocycles. The Balaban J connectivity index is 0.00000200. The molecule has 1 aromatic heterocycles. The van der Waals surface area contributed by atoms with Gasteiger partial charge in [-0.05, 0) is 18.2 Å². The molecule has 7 heteroatoms. The van der Waals surface area contributed by atoms with Crippen molar-refractivity contribution >= 4 is 35.2 Å². The number of methoxy groups -OCH3 is 2. The maximum atomic E-state index is 11.8. The van der Waals surface area contributed by atoms with Crippen LogP contribution in [0.15, 0.2) is 24.3 Å². The number of fused-ring (bicyclic) bond motifs is 1. The molecule has 0 saturated carbocycles. The molecular formula is C13H15ClN2O4. The summed E-state index contributed by atoms with van der Waals surface area (Å²) in [6, 6.07) is 7.16. The molecule has 0 radical (unpaired) electrons. The maximum Gasteiger partial charge on any atom is 0.325 e. The largest absolute Gasteiger partial charge is 0.496 e. The van der Waals surface area contributed by atoms with Crippen LogP contribution in [0.5, 0.6) is 5.75 Å². The van der Waals surface area contributed by atoms with E-state index in [1.165, 1.54) is 7.11 Å². The number of H-pyrrole nitrogens is 1. The summed E-state index contributed by atoms with van der Waals surface area (Å²) in [5.74, 6) is -0.188. The summed E-state index contributed by atoms with van der Waals surface area (Å²) >= 11 is 0. The number of halogens is 1. The van der Waals surface area contributed by atoms with Gasteiger partial charge >= 0.3 is 5.97 Å². The van der Waals surface area contributed by atoms with Crippen molar-refractivity contribution in [3.8, 4) is 5.75 Å². The van der Waals surface area contributed by atoms with Gasteiger partial charge < -0.3 is 19.8 Å². The molecule has 1 aromatic carbocycles. The van der Waals surface area contributed by atoms with E-state index in [9.17, 15) is 9.59 Å². The first kappa shape index (κ1) is 15.8. The highest BCUT2D eigenvalue weighted by Crippen LogP contribution is 2.25. The van der Waals surface area contributed by atoms with Crippen LogP contribution in [0.2, 0.25) is 0 Å². The molecule has 6 nitrogen and oxygen atoms in total. The van der Waals surface area contributed by atoms with Crippen LogP contribution >= 0.6 is 12.4 Å². The van der Waals surface area contributed by atoms with Crippen LogP contribution in [0.1, 0.15) is 10.5 Å². The molecule has 0 unspecified atom stereocenters. The molecule has 1 amide bonds. The lowest BCUT2D eigenvalue weighted by atomic mass is 10.2. The van der Waals surface area contributed by atoms with Gasteiger partial charge in [-0.2, -0.15) is 0 Å². The monoisotopic (exact) mass is 298 g/mol. The van der Waals surface area contributed by atoms with E-state index in [2.05, 4.69) is 15.0 Å². The minimum Gasteiger partial charge on any atom is -0.496 e. The van der Waals surface area contributed by atoms with Crippen LogP contribution in [0.4, 0.5) is 0 Å². The van der Waals surface area contributed by atoms with Crippen molar-refractivity contribution in [2.75, 3.05) is 20.8 Å². The van der Waals surface area contributed by atoms with E-state index in [1.807, 2.05) is 18.2 Å². The van der Waals surface area contributed by atoms with Gasteiger partial charge in [0.05, 0.1) is 14.2 Å². The van der Waals surface area contributed by atoms with E-state index in [-0.39, 0.29) is 24.9 Å². The lowest BCUT2D eigenvalue weighted by Crippen LogP contribution is -2.30. The smallest absolute Gasteiger partial charge is 0.325 e. The number of nitrogens with one attached hydrogen (secondary N) is 2. The first-order valence-corrected chi connectivity index (χ1v) is 5.66. The van der Waals surface area contributed by atoms with Crippen molar-refractivity contribution < 1.29 is 19.1 Å². The highest BCUT2D eigenvalue weighted by atomic mass is 35.5. The van der Waals surface area contributed by atoms with Crippen LogP contribution in [0, 0.1) is 0 Å². The van der Waals surface area contributed by atoms with Crippen molar-refractivity contribution in [3.05, 3.63) is 30.0 Å². The van der Waals surface area contributed by atoms with Gasteiger partial charge in [0.15, 0.2) is 0 Å². The molecule has 2 N–H and O–H groups in total. The summed E-state index contributed by atoms with van der Waals surface area (Å²) in [4.78, 5) is 25.8. The fraction of sp³-hybridized carbons (Fsp3) is 0.231. The van der Waals surface area contributed by atoms with Gasteiger partial charge in [-0.1, -0.05) is 6.07 Å². The normalized spacial score (nSPS) is 9.70. The third-order valence-electron chi connectivity index (χ3n) is 2.71. The van der Waals surface area contributed by atoms with Gasteiger partial charge in [-0.25, -0.2) is 0 Å². The van der Waals surface area contributed by atoms with Gasteiger partial charge in [-0.3, -0.25) is 9.59 Å². The molecule has 108 valence electrons. The van der Waals surface area contributed by atoms with E-state index in [1.54, 1.807) is 13.2 Å². The molecule has 20 heavy (non-hydrogen) atoms. The molecule has 2 aromatic rings. The summed E-state index contributed by atoms with van der Waals surface area (Å²) in [7, 11) is 2.83.